The molecule has 2 aliphatic rings. The number of ether oxygens (including phenoxy) is 1. The summed E-state index contributed by atoms with van der Waals surface area (Å²) in [4.78, 5) is 12.0. The molecule has 0 saturated carbocycles. The van der Waals surface area contributed by atoms with Gasteiger partial charge in [-0.1, -0.05) is 6.92 Å². The molecule has 2 aromatic rings. The van der Waals surface area contributed by atoms with E-state index < -0.39 is 0 Å². The highest BCUT2D eigenvalue weighted by Gasteiger charge is 2.35. The Morgan fingerprint density at radius 1 is 1.25 bits per heavy atom. The molecule has 0 aliphatic carbocycles. The molecule has 2 aliphatic heterocycles. The molecule has 2 aromatic heterocycles. The summed E-state index contributed by atoms with van der Waals surface area (Å²) in [6.45, 7) is 6.05. The molecular formula is C17H26N6O. The average molecular weight is 330 g/mol. The quantitative estimate of drug-likeness (QED) is 0.898. The zero-order valence-electron chi connectivity index (χ0n) is 14.5. The first-order valence-electron chi connectivity index (χ1n) is 9.03. The smallest absolute Gasteiger partial charge is 0.163 e. The molecule has 0 bridgehead atoms. The molecule has 1 N–H and O–H groups in total. The van der Waals surface area contributed by atoms with E-state index in [-0.39, 0.29) is 6.04 Å². The van der Waals surface area contributed by atoms with Gasteiger partial charge in [0.2, 0.25) is 0 Å². The highest BCUT2D eigenvalue weighted by atomic mass is 16.5. The van der Waals surface area contributed by atoms with Crippen molar-refractivity contribution in [1.29, 1.82) is 0 Å². The van der Waals surface area contributed by atoms with E-state index in [0.29, 0.717) is 6.04 Å². The maximum atomic E-state index is 5.78. The summed E-state index contributed by atoms with van der Waals surface area (Å²) in [5.74, 6) is 1.78. The van der Waals surface area contributed by atoms with E-state index in [2.05, 4.69) is 27.2 Å². The van der Waals surface area contributed by atoms with Gasteiger partial charge < -0.3 is 10.1 Å². The van der Waals surface area contributed by atoms with E-state index in [9.17, 15) is 0 Å². The van der Waals surface area contributed by atoms with Gasteiger partial charge >= 0.3 is 0 Å². The first-order valence-corrected chi connectivity index (χ1v) is 9.03. The maximum Gasteiger partial charge on any atom is 0.163 e. The lowest BCUT2D eigenvalue weighted by Gasteiger charge is -2.28. The summed E-state index contributed by atoms with van der Waals surface area (Å²) in [6.07, 6.45) is 6.36. The van der Waals surface area contributed by atoms with Crippen LogP contribution >= 0.6 is 0 Å². The highest BCUT2D eigenvalue weighted by molar-refractivity contribution is 5.86. The summed E-state index contributed by atoms with van der Waals surface area (Å²) in [5, 5.41) is 9.00. The SMILES string of the molecule is CCCc1nc(N[C@@H]2COC[C@H]2N2CCCC2)c2cnn(C)c2n1. The molecule has 7 nitrogen and oxygen atoms in total. The van der Waals surface area contributed by atoms with E-state index in [1.807, 2.05) is 17.9 Å². The van der Waals surface area contributed by atoms with Crippen LogP contribution in [0.15, 0.2) is 6.20 Å². The van der Waals surface area contributed by atoms with Crippen molar-refractivity contribution >= 4 is 16.9 Å². The van der Waals surface area contributed by atoms with E-state index in [1.54, 1.807) is 0 Å². The van der Waals surface area contributed by atoms with Gasteiger partial charge in [0.1, 0.15) is 11.6 Å². The van der Waals surface area contributed by atoms with Crippen LogP contribution in [0.5, 0.6) is 0 Å². The van der Waals surface area contributed by atoms with Crippen LogP contribution in [0.3, 0.4) is 0 Å². The number of aromatic nitrogens is 4. The third-order valence-corrected chi connectivity index (χ3v) is 5.09. The van der Waals surface area contributed by atoms with Crippen LogP contribution in [-0.4, -0.2) is 63.0 Å². The predicted molar refractivity (Wildman–Crippen MR) is 93.1 cm³/mol. The number of nitrogens with zero attached hydrogens (tertiary/aromatic N) is 5. The third kappa shape index (κ3) is 2.86. The summed E-state index contributed by atoms with van der Waals surface area (Å²) in [5.41, 5.74) is 0.896. The van der Waals surface area contributed by atoms with Crippen LogP contribution in [0.4, 0.5) is 5.82 Å². The lowest BCUT2D eigenvalue weighted by Crippen LogP contribution is -2.45. The van der Waals surface area contributed by atoms with Gasteiger partial charge in [-0.05, 0) is 32.4 Å². The molecular weight excluding hydrogens is 304 g/mol. The molecule has 4 heterocycles. The number of anilines is 1. The van der Waals surface area contributed by atoms with E-state index in [1.165, 1.54) is 25.9 Å². The zero-order valence-corrected chi connectivity index (χ0v) is 14.5. The molecule has 0 unspecified atom stereocenters. The fourth-order valence-electron chi connectivity index (χ4n) is 3.80. The van der Waals surface area contributed by atoms with E-state index >= 15 is 0 Å². The average Bonchev–Trinajstić information content (AvgIpc) is 3.29. The molecule has 0 radical (unpaired) electrons. The Balaban J connectivity index is 1.63. The Bertz CT molecular complexity index is 708. The zero-order chi connectivity index (χ0) is 16.5. The molecule has 130 valence electrons. The van der Waals surface area contributed by atoms with E-state index in [4.69, 9.17) is 9.72 Å². The molecule has 2 saturated heterocycles. The second-order valence-corrected chi connectivity index (χ2v) is 6.84. The number of fused-ring (bicyclic) bond motifs is 1. The maximum absolute atomic E-state index is 5.78. The number of likely N-dealkylation sites (tertiary alicyclic amines) is 1. The molecule has 4 rings (SSSR count). The number of hydrogen-bond acceptors (Lipinski definition) is 6. The van der Waals surface area contributed by atoms with Crippen molar-refractivity contribution in [3.63, 3.8) is 0 Å². The highest BCUT2D eigenvalue weighted by Crippen LogP contribution is 2.25. The summed E-state index contributed by atoms with van der Waals surface area (Å²) >= 11 is 0. The number of rotatable bonds is 5. The number of nitrogens with one attached hydrogen (secondary N) is 1. The monoisotopic (exact) mass is 330 g/mol. The van der Waals surface area contributed by atoms with Crippen LogP contribution in [0, 0.1) is 0 Å². The Kier molecular flexibility index (Phi) is 4.37. The van der Waals surface area contributed by atoms with Crippen molar-refractivity contribution in [1.82, 2.24) is 24.6 Å². The van der Waals surface area contributed by atoms with Crippen molar-refractivity contribution in [2.75, 3.05) is 31.6 Å². The van der Waals surface area contributed by atoms with Crippen LogP contribution in [0.25, 0.3) is 11.0 Å². The lowest BCUT2D eigenvalue weighted by atomic mass is 10.1. The van der Waals surface area contributed by atoms with Gasteiger partial charge in [-0.3, -0.25) is 9.58 Å². The van der Waals surface area contributed by atoms with Crippen LogP contribution in [0.1, 0.15) is 32.0 Å². The largest absolute Gasteiger partial charge is 0.378 e. The Morgan fingerprint density at radius 2 is 2.08 bits per heavy atom. The summed E-state index contributed by atoms with van der Waals surface area (Å²) in [6, 6.07) is 0.708. The molecule has 0 aromatic carbocycles. The Labute approximate surface area is 142 Å². The van der Waals surface area contributed by atoms with Gasteiger partial charge in [0.15, 0.2) is 5.65 Å². The van der Waals surface area contributed by atoms with E-state index in [0.717, 1.165) is 48.7 Å². The molecule has 24 heavy (non-hydrogen) atoms. The molecule has 7 heteroatoms. The number of hydrogen-bond donors (Lipinski definition) is 1. The Morgan fingerprint density at radius 3 is 2.88 bits per heavy atom. The normalized spacial score (nSPS) is 24.9. The molecule has 2 fully saturated rings. The van der Waals surface area contributed by atoms with Crippen molar-refractivity contribution in [3.8, 4) is 0 Å². The third-order valence-electron chi connectivity index (χ3n) is 5.09. The van der Waals surface area contributed by atoms with Gasteiger partial charge in [-0.2, -0.15) is 5.10 Å². The summed E-state index contributed by atoms with van der Waals surface area (Å²) in [7, 11) is 1.93. The van der Waals surface area contributed by atoms with Crippen LogP contribution in [-0.2, 0) is 18.2 Å². The first-order chi connectivity index (χ1) is 11.8. The van der Waals surface area contributed by atoms with Gasteiger partial charge in [-0.25, -0.2) is 9.97 Å². The Hall–Kier alpha value is -1.73. The fourth-order valence-corrected chi connectivity index (χ4v) is 3.80. The van der Waals surface area contributed by atoms with Crippen LogP contribution in [0.2, 0.25) is 0 Å². The summed E-state index contributed by atoms with van der Waals surface area (Å²) < 4.78 is 7.60. The molecule has 0 amide bonds. The second kappa shape index (κ2) is 6.64. The second-order valence-electron chi connectivity index (χ2n) is 6.84. The topological polar surface area (TPSA) is 68.1 Å². The number of aryl methyl sites for hydroxylation is 2. The lowest BCUT2D eigenvalue weighted by molar-refractivity contribution is 0.159. The first kappa shape index (κ1) is 15.8. The molecule has 2 atom stereocenters. The minimum atomic E-state index is 0.274. The van der Waals surface area contributed by atoms with Crippen molar-refractivity contribution in [2.45, 2.75) is 44.7 Å². The molecule has 0 spiro atoms. The van der Waals surface area contributed by atoms with Gasteiger partial charge in [0, 0.05) is 13.5 Å². The van der Waals surface area contributed by atoms with Gasteiger partial charge in [-0.15, -0.1) is 0 Å². The van der Waals surface area contributed by atoms with Gasteiger partial charge in [0.05, 0.1) is 36.9 Å². The van der Waals surface area contributed by atoms with Crippen LogP contribution < -0.4 is 5.32 Å². The van der Waals surface area contributed by atoms with Crippen molar-refractivity contribution < 1.29 is 4.74 Å². The minimum absolute atomic E-state index is 0.274. The fraction of sp³-hybridized carbons (Fsp3) is 0.706. The van der Waals surface area contributed by atoms with Crippen molar-refractivity contribution in [3.05, 3.63) is 12.0 Å². The van der Waals surface area contributed by atoms with Crippen molar-refractivity contribution in [2.24, 2.45) is 7.05 Å². The standard InChI is InChI=1S/C17H26N6O/c1-3-6-15-20-16(12-9-18-22(2)17(12)21-15)19-13-10-24-11-14(13)23-7-4-5-8-23/h9,13-14H,3-8,10-11H2,1-2H3,(H,19,20,21)/t13-,14-/m1/s1. The minimum Gasteiger partial charge on any atom is -0.378 e. The predicted octanol–water partition coefficient (Wildman–Crippen LogP) is 1.59. The van der Waals surface area contributed by atoms with Gasteiger partial charge in [0.25, 0.3) is 0 Å².